The lowest BCUT2D eigenvalue weighted by Crippen LogP contribution is -2.41. The van der Waals surface area contributed by atoms with Crippen molar-refractivity contribution >= 4 is 29.3 Å². The minimum Gasteiger partial charge on any atom is -0.461 e. The first-order valence-corrected chi connectivity index (χ1v) is 9.52. The number of Topliss-reactive ketones (excluding diaryl/α,β-unsaturated/α-hetero) is 1. The summed E-state index contributed by atoms with van der Waals surface area (Å²) in [5.74, 6) is -0.827. The molecule has 0 spiro atoms. The van der Waals surface area contributed by atoms with E-state index in [4.69, 9.17) is 16.3 Å². The number of halogens is 1. The average molecular weight is 383 g/mol. The van der Waals surface area contributed by atoms with Gasteiger partial charge in [-0.25, -0.2) is 4.79 Å². The lowest BCUT2D eigenvalue weighted by Gasteiger charge is -2.23. The lowest BCUT2D eigenvalue weighted by molar-refractivity contribution is -0.130. The smallest absolute Gasteiger partial charge is 0.355 e. The van der Waals surface area contributed by atoms with Crippen LogP contribution >= 0.6 is 11.6 Å². The summed E-state index contributed by atoms with van der Waals surface area (Å²) >= 11 is 5.95. The van der Waals surface area contributed by atoms with Crippen LogP contribution in [0.25, 0.3) is 0 Å². The van der Waals surface area contributed by atoms with Gasteiger partial charge in [-0.2, -0.15) is 0 Å². The molecule has 1 fully saturated rings. The molecule has 1 aliphatic carbocycles. The van der Waals surface area contributed by atoms with Gasteiger partial charge in [-0.05, 0) is 53.0 Å². The number of nitrogens with zero attached hydrogens (tertiary/aromatic N) is 2. The minimum absolute atomic E-state index is 0.0156. The molecular formula is C19H27ClN2O4. The van der Waals surface area contributed by atoms with Gasteiger partial charge in [-0.3, -0.25) is 9.59 Å². The highest BCUT2D eigenvalue weighted by Crippen LogP contribution is 2.30. The highest BCUT2D eigenvalue weighted by molar-refractivity contribution is 6.30. The fourth-order valence-corrected chi connectivity index (χ4v) is 3.52. The van der Waals surface area contributed by atoms with Crippen molar-refractivity contribution in [2.75, 3.05) is 13.2 Å². The number of carbonyl (C=O) groups excluding carboxylic acids is 3. The van der Waals surface area contributed by atoms with E-state index in [0.29, 0.717) is 23.4 Å². The van der Waals surface area contributed by atoms with Crippen molar-refractivity contribution < 1.29 is 19.1 Å². The average Bonchev–Trinajstić information content (AvgIpc) is 3.37. The maximum absolute atomic E-state index is 13.0. The number of esters is 1. The van der Waals surface area contributed by atoms with Crippen LogP contribution in [0.5, 0.6) is 0 Å². The fraction of sp³-hybridized carbons (Fsp3) is 0.632. The van der Waals surface area contributed by atoms with Crippen LogP contribution in [0.3, 0.4) is 0 Å². The second kappa shape index (κ2) is 8.25. The van der Waals surface area contributed by atoms with Gasteiger partial charge in [0.15, 0.2) is 5.78 Å². The van der Waals surface area contributed by atoms with E-state index in [-0.39, 0.29) is 30.9 Å². The van der Waals surface area contributed by atoms with Crippen LogP contribution in [-0.4, -0.2) is 51.7 Å². The Kier molecular flexibility index (Phi) is 6.50. The topological polar surface area (TPSA) is 68.6 Å². The van der Waals surface area contributed by atoms with Gasteiger partial charge in [0.2, 0.25) is 5.91 Å². The SMILES string of the molecule is CCOC(=O)c1c(C)c(C(=O)CN(C(=O)[C@H](C)Cl)C2CC2)c(C)n1CC. The van der Waals surface area contributed by atoms with E-state index in [2.05, 4.69) is 0 Å². The molecule has 1 heterocycles. The molecule has 2 rings (SSSR count). The molecule has 6 nitrogen and oxygen atoms in total. The van der Waals surface area contributed by atoms with Crippen LogP contribution in [-0.2, 0) is 16.1 Å². The summed E-state index contributed by atoms with van der Waals surface area (Å²) in [6.45, 7) is 9.67. The Labute approximate surface area is 159 Å². The summed E-state index contributed by atoms with van der Waals surface area (Å²) in [4.78, 5) is 39.3. The van der Waals surface area contributed by atoms with Crippen LogP contribution < -0.4 is 0 Å². The molecule has 1 aromatic rings. The summed E-state index contributed by atoms with van der Waals surface area (Å²) in [6.07, 6.45) is 1.79. The van der Waals surface area contributed by atoms with Crippen molar-refractivity contribution in [3.05, 3.63) is 22.5 Å². The van der Waals surface area contributed by atoms with E-state index in [9.17, 15) is 14.4 Å². The standard InChI is InChI=1S/C19H27ClN2O4/c1-6-21-13(5)16(11(3)17(21)19(25)26-7-2)15(23)10-22(14-8-9-14)18(24)12(4)20/h12,14H,6-10H2,1-5H3/t12-/m0/s1. The highest BCUT2D eigenvalue weighted by atomic mass is 35.5. The van der Waals surface area contributed by atoms with Crippen LogP contribution in [0.15, 0.2) is 0 Å². The molecule has 0 aliphatic heterocycles. The molecule has 1 saturated carbocycles. The zero-order valence-corrected chi connectivity index (χ0v) is 16.9. The second-order valence-corrected chi connectivity index (χ2v) is 7.29. The van der Waals surface area contributed by atoms with E-state index in [1.165, 1.54) is 0 Å². The van der Waals surface area contributed by atoms with E-state index < -0.39 is 11.3 Å². The van der Waals surface area contributed by atoms with Gasteiger partial charge < -0.3 is 14.2 Å². The summed E-state index contributed by atoms with van der Waals surface area (Å²) < 4.78 is 6.94. The predicted octanol–water partition coefficient (Wildman–Crippen LogP) is 3.10. The summed E-state index contributed by atoms with van der Waals surface area (Å²) in [5.41, 5.74) is 2.23. The van der Waals surface area contributed by atoms with Gasteiger partial charge in [0, 0.05) is 23.8 Å². The third-order valence-corrected chi connectivity index (χ3v) is 4.94. The van der Waals surface area contributed by atoms with Gasteiger partial charge in [-0.15, -0.1) is 11.6 Å². The van der Waals surface area contributed by atoms with Gasteiger partial charge in [0.1, 0.15) is 11.1 Å². The fourth-order valence-electron chi connectivity index (χ4n) is 3.40. The van der Waals surface area contributed by atoms with Crippen LogP contribution in [0.2, 0.25) is 0 Å². The van der Waals surface area contributed by atoms with Crippen molar-refractivity contribution in [3.8, 4) is 0 Å². The van der Waals surface area contributed by atoms with Crippen LogP contribution in [0.4, 0.5) is 0 Å². The number of hydrogen-bond acceptors (Lipinski definition) is 4. The minimum atomic E-state index is -0.666. The Morgan fingerprint density at radius 1 is 1.27 bits per heavy atom. The lowest BCUT2D eigenvalue weighted by atomic mass is 10.0. The van der Waals surface area contributed by atoms with Gasteiger partial charge >= 0.3 is 5.97 Å². The molecule has 0 aromatic carbocycles. The molecule has 1 aromatic heterocycles. The van der Waals surface area contributed by atoms with E-state index in [0.717, 1.165) is 18.5 Å². The first kappa shape index (κ1) is 20.5. The van der Waals surface area contributed by atoms with Crippen LogP contribution in [0.1, 0.15) is 65.7 Å². The van der Waals surface area contributed by atoms with Gasteiger partial charge in [0.05, 0.1) is 13.2 Å². The number of ketones is 1. The van der Waals surface area contributed by atoms with Crippen molar-refractivity contribution in [3.63, 3.8) is 0 Å². The molecule has 1 atom stereocenters. The summed E-state index contributed by atoms with van der Waals surface area (Å²) in [5, 5.41) is -0.666. The van der Waals surface area contributed by atoms with Gasteiger partial charge in [0.25, 0.3) is 0 Å². The van der Waals surface area contributed by atoms with E-state index >= 15 is 0 Å². The van der Waals surface area contributed by atoms with Crippen molar-refractivity contribution in [2.24, 2.45) is 0 Å². The molecule has 26 heavy (non-hydrogen) atoms. The third kappa shape index (κ3) is 3.95. The molecule has 0 radical (unpaired) electrons. The summed E-state index contributed by atoms with van der Waals surface area (Å²) in [7, 11) is 0. The zero-order valence-electron chi connectivity index (χ0n) is 16.1. The van der Waals surface area contributed by atoms with Crippen molar-refractivity contribution in [1.29, 1.82) is 0 Å². The Hall–Kier alpha value is -1.82. The van der Waals surface area contributed by atoms with Gasteiger partial charge in [-0.1, -0.05) is 0 Å². The quantitative estimate of drug-likeness (QED) is 0.393. The monoisotopic (exact) mass is 382 g/mol. The van der Waals surface area contributed by atoms with Crippen molar-refractivity contribution in [2.45, 2.75) is 65.4 Å². The number of aromatic nitrogens is 1. The van der Waals surface area contributed by atoms with E-state index in [1.54, 1.807) is 30.2 Å². The number of rotatable bonds is 8. The Bertz CT molecular complexity index is 720. The normalized spacial score (nSPS) is 14.8. The molecule has 1 amide bonds. The molecule has 0 bridgehead atoms. The Morgan fingerprint density at radius 2 is 1.88 bits per heavy atom. The number of hydrogen-bond donors (Lipinski definition) is 0. The van der Waals surface area contributed by atoms with E-state index in [1.807, 2.05) is 13.8 Å². The van der Waals surface area contributed by atoms with Crippen LogP contribution in [0, 0.1) is 13.8 Å². The zero-order chi connectivity index (χ0) is 19.6. The van der Waals surface area contributed by atoms with Crippen molar-refractivity contribution in [1.82, 2.24) is 9.47 Å². The number of alkyl halides is 1. The molecule has 1 aliphatic rings. The third-order valence-electron chi connectivity index (χ3n) is 4.76. The molecular weight excluding hydrogens is 356 g/mol. The molecule has 0 N–H and O–H groups in total. The molecule has 7 heteroatoms. The maximum atomic E-state index is 13.0. The maximum Gasteiger partial charge on any atom is 0.355 e. The molecule has 0 unspecified atom stereocenters. The Balaban J connectivity index is 2.36. The number of ether oxygens (including phenoxy) is 1. The summed E-state index contributed by atoms with van der Waals surface area (Å²) in [6, 6.07) is 0.0889. The Morgan fingerprint density at radius 3 is 2.35 bits per heavy atom. The molecule has 144 valence electrons. The number of carbonyl (C=O) groups is 3. The first-order chi connectivity index (χ1) is 12.2. The number of amides is 1. The first-order valence-electron chi connectivity index (χ1n) is 9.09. The highest BCUT2D eigenvalue weighted by Gasteiger charge is 2.36. The largest absolute Gasteiger partial charge is 0.461 e. The predicted molar refractivity (Wildman–Crippen MR) is 99.9 cm³/mol. The second-order valence-electron chi connectivity index (χ2n) is 6.64. The molecule has 0 saturated heterocycles.